The molecular formula is C17H23N3O2S. The summed E-state index contributed by atoms with van der Waals surface area (Å²) < 4.78 is 0. The number of hydrogen-bond acceptors (Lipinski definition) is 4. The van der Waals surface area contributed by atoms with Crippen molar-refractivity contribution < 1.29 is 9.90 Å². The number of aryl methyl sites for hydroxylation is 2. The van der Waals surface area contributed by atoms with E-state index >= 15 is 0 Å². The fraction of sp³-hybridized carbons (Fsp3) is 0.412. The summed E-state index contributed by atoms with van der Waals surface area (Å²) in [5, 5.41) is 15.9. The van der Waals surface area contributed by atoms with Crippen LogP contribution in [0, 0.1) is 13.8 Å². The number of aromatic nitrogens is 1. The highest BCUT2D eigenvalue weighted by Gasteiger charge is 2.14. The van der Waals surface area contributed by atoms with Gasteiger partial charge in [0.2, 0.25) is 0 Å². The molecule has 1 heterocycles. The highest BCUT2D eigenvalue weighted by atomic mass is 32.1. The summed E-state index contributed by atoms with van der Waals surface area (Å²) in [5.74, 6) is 0. The minimum absolute atomic E-state index is 0.110. The number of nitrogens with one attached hydrogen (secondary N) is 2. The smallest absolute Gasteiger partial charge is 0.315 e. The standard InChI is InChI=1S/C17H23N3O2S/c1-12-16(19-13(2)23-12)11-18-17(22)20-15(9-6-10-21)14-7-4-3-5-8-14/h3-5,7-8,15,21H,6,9-11H2,1-2H3,(H2,18,20,22). The lowest BCUT2D eigenvalue weighted by Gasteiger charge is -2.19. The van der Waals surface area contributed by atoms with Gasteiger partial charge < -0.3 is 15.7 Å². The van der Waals surface area contributed by atoms with Gasteiger partial charge in [0.05, 0.1) is 23.3 Å². The highest BCUT2D eigenvalue weighted by Crippen LogP contribution is 2.18. The normalized spacial score (nSPS) is 12.0. The van der Waals surface area contributed by atoms with E-state index in [1.165, 1.54) is 0 Å². The van der Waals surface area contributed by atoms with Crippen LogP contribution in [0.3, 0.4) is 0 Å². The maximum Gasteiger partial charge on any atom is 0.315 e. The fourth-order valence-electron chi connectivity index (χ4n) is 2.41. The first-order valence-electron chi connectivity index (χ1n) is 7.73. The molecule has 0 aliphatic rings. The van der Waals surface area contributed by atoms with Crippen molar-refractivity contribution in [3.8, 4) is 0 Å². The zero-order valence-electron chi connectivity index (χ0n) is 13.5. The van der Waals surface area contributed by atoms with Gasteiger partial charge in [-0.25, -0.2) is 9.78 Å². The van der Waals surface area contributed by atoms with Crippen LogP contribution in [0.5, 0.6) is 0 Å². The number of aliphatic hydroxyl groups excluding tert-OH is 1. The van der Waals surface area contributed by atoms with Gasteiger partial charge in [0.25, 0.3) is 0 Å². The molecule has 2 rings (SSSR count). The van der Waals surface area contributed by atoms with Crippen molar-refractivity contribution in [1.82, 2.24) is 15.6 Å². The number of carbonyl (C=O) groups is 1. The molecule has 23 heavy (non-hydrogen) atoms. The molecule has 1 atom stereocenters. The van der Waals surface area contributed by atoms with Crippen molar-refractivity contribution in [3.05, 3.63) is 51.5 Å². The van der Waals surface area contributed by atoms with E-state index in [4.69, 9.17) is 5.11 Å². The Morgan fingerprint density at radius 2 is 2.04 bits per heavy atom. The van der Waals surface area contributed by atoms with Gasteiger partial charge >= 0.3 is 6.03 Å². The maximum atomic E-state index is 12.2. The van der Waals surface area contributed by atoms with Crippen LogP contribution in [0.15, 0.2) is 30.3 Å². The van der Waals surface area contributed by atoms with E-state index in [1.807, 2.05) is 44.2 Å². The summed E-state index contributed by atoms with van der Waals surface area (Å²) in [6, 6.07) is 9.47. The summed E-state index contributed by atoms with van der Waals surface area (Å²) in [6.45, 7) is 4.50. The summed E-state index contributed by atoms with van der Waals surface area (Å²) in [5.41, 5.74) is 1.95. The first-order valence-corrected chi connectivity index (χ1v) is 8.55. The van der Waals surface area contributed by atoms with Gasteiger partial charge in [-0.1, -0.05) is 30.3 Å². The van der Waals surface area contributed by atoms with E-state index in [0.717, 1.165) is 21.1 Å². The van der Waals surface area contributed by atoms with Gasteiger partial charge in [0, 0.05) is 11.5 Å². The average Bonchev–Trinajstić information content (AvgIpc) is 2.88. The van der Waals surface area contributed by atoms with Gasteiger partial charge in [-0.15, -0.1) is 11.3 Å². The zero-order valence-corrected chi connectivity index (χ0v) is 14.3. The Balaban J connectivity index is 1.93. The Hall–Kier alpha value is -1.92. The third-order valence-corrected chi connectivity index (χ3v) is 4.50. The molecule has 124 valence electrons. The molecule has 1 aromatic heterocycles. The molecule has 2 aromatic rings. The number of amides is 2. The molecule has 5 nitrogen and oxygen atoms in total. The third kappa shape index (κ3) is 5.33. The average molecular weight is 333 g/mol. The minimum Gasteiger partial charge on any atom is -0.396 e. The summed E-state index contributed by atoms with van der Waals surface area (Å²) in [6.07, 6.45) is 1.34. The first-order chi connectivity index (χ1) is 11.1. The van der Waals surface area contributed by atoms with Gasteiger partial charge in [0.1, 0.15) is 0 Å². The van der Waals surface area contributed by atoms with Crippen LogP contribution >= 0.6 is 11.3 Å². The number of aliphatic hydroxyl groups is 1. The number of carbonyl (C=O) groups excluding carboxylic acids is 1. The Bertz CT molecular complexity index is 628. The zero-order chi connectivity index (χ0) is 16.7. The highest BCUT2D eigenvalue weighted by molar-refractivity contribution is 7.11. The fourth-order valence-corrected chi connectivity index (χ4v) is 3.25. The van der Waals surface area contributed by atoms with E-state index in [0.29, 0.717) is 19.4 Å². The van der Waals surface area contributed by atoms with Crippen molar-refractivity contribution in [2.24, 2.45) is 0 Å². The number of thiazole rings is 1. The van der Waals surface area contributed by atoms with Gasteiger partial charge in [-0.05, 0) is 32.3 Å². The van der Waals surface area contributed by atoms with Crippen molar-refractivity contribution in [2.45, 2.75) is 39.3 Å². The second kappa shape index (κ2) is 8.64. The first kappa shape index (κ1) is 17.4. The van der Waals surface area contributed by atoms with E-state index in [2.05, 4.69) is 15.6 Å². The van der Waals surface area contributed by atoms with Gasteiger partial charge in [-0.2, -0.15) is 0 Å². The lowest BCUT2D eigenvalue weighted by Crippen LogP contribution is -2.37. The van der Waals surface area contributed by atoms with E-state index in [-0.39, 0.29) is 18.7 Å². The second-order valence-corrected chi connectivity index (χ2v) is 6.80. The van der Waals surface area contributed by atoms with Crippen LogP contribution in [0.1, 0.15) is 40.0 Å². The van der Waals surface area contributed by atoms with E-state index in [1.54, 1.807) is 11.3 Å². The van der Waals surface area contributed by atoms with Crippen LogP contribution in [-0.2, 0) is 6.54 Å². The molecule has 0 saturated carbocycles. The molecule has 1 unspecified atom stereocenters. The maximum absolute atomic E-state index is 12.2. The molecule has 2 amide bonds. The predicted octanol–water partition coefficient (Wildman–Crippen LogP) is 3.07. The third-order valence-electron chi connectivity index (χ3n) is 3.57. The van der Waals surface area contributed by atoms with Crippen LogP contribution in [0.25, 0.3) is 0 Å². The monoisotopic (exact) mass is 333 g/mol. The lowest BCUT2D eigenvalue weighted by atomic mass is 10.0. The molecule has 0 spiro atoms. The SMILES string of the molecule is Cc1nc(CNC(=O)NC(CCCO)c2ccccc2)c(C)s1. The number of nitrogens with zero attached hydrogens (tertiary/aromatic N) is 1. The van der Waals surface area contributed by atoms with Crippen LogP contribution < -0.4 is 10.6 Å². The number of benzene rings is 1. The second-order valence-electron chi connectivity index (χ2n) is 5.39. The lowest BCUT2D eigenvalue weighted by molar-refractivity contribution is 0.232. The van der Waals surface area contributed by atoms with Crippen molar-refractivity contribution in [2.75, 3.05) is 6.61 Å². The molecule has 0 aliphatic carbocycles. The Morgan fingerprint density at radius 1 is 1.30 bits per heavy atom. The Kier molecular flexibility index (Phi) is 6.55. The quantitative estimate of drug-likeness (QED) is 0.729. The number of rotatable bonds is 7. The molecule has 6 heteroatoms. The summed E-state index contributed by atoms with van der Waals surface area (Å²) in [7, 11) is 0. The Labute approximate surface area is 140 Å². The molecular weight excluding hydrogens is 310 g/mol. The molecule has 0 aliphatic heterocycles. The van der Waals surface area contributed by atoms with E-state index in [9.17, 15) is 4.79 Å². The molecule has 1 aromatic carbocycles. The topological polar surface area (TPSA) is 74.2 Å². The van der Waals surface area contributed by atoms with Crippen LogP contribution in [-0.4, -0.2) is 22.7 Å². The molecule has 0 saturated heterocycles. The minimum atomic E-state index is -0.221. The molecule has 3 N–H and O–H groups in total. The van der Waals surface area contributed by atoms with Crippen molar-refractivity contribution in [1.29, 1.82) is 0 Å². The predicted molar refractivity (Wildman–Crippen MR) is 92.5 cm³/mol. The number of urea groups is 1. The molecule has 0 fully saturated rings. The molecule has 0 radical (unpaired) electrons. The van der Waals surface area contributed by atoms with Gasteiger partial charge in [-0.3, -0.25) is 0 Å². The van der Waals surface area contributed by atoms with Crippen molar-refractivity contribution >= 4 is 17.4 Å². The number of hydrogen-bond donors (Lipinski definition) is 3. The van der Waals surface area contributed by atoms with Crippen LogP contribution in [0.4, 0.5) is 4.79 Å². The van der Waals surface area contributed by atoms with Crippen LogP contribution in [0.2, 0.25) is 0 Å². The van der Waals surface area contributed by atoms with Crippen molar-refractivity contribution in [3.63, 3.8) is 0 Å². The van der Waals surface area contributed by atoms with Gasteiger partial charge in [0.15, 0.2) is 0 Å². The largest absolute Gasteiger partial charge is 0.396 e. The van der Waals surface area contributed by atoms with E-state index < -0.39 is 0 Å². The molecule has 0 bridgehead atoms. The Morgan fingerprint density at radius 3 is 2.65 bits per heavy atom. The summed E-state index contributed by atoms with van der Waals surface area (Å²) >= 11 is 1.63. The summed E-state index contributed by atoms with van der Waals surface area (Å²) in [4.78, 5) is 17.7.